The number of furan rings is 1. The molecule has 0 spiro atoms. The fourth-order valence-electron chi connectivity index (χ4n) is 3.02. The van der Waals surface area contributed by atoms with Gasteiger partial charge in [0.25, 0.3) is 0 Å². The Kier molecular flexibility index (Phi) is 4.69. The summed E-state index contributed by atoms with van der Waals surface area (Å²) in [5.74, 6) is 2.94. The maximum atomic E-state index is 12.3. The summed E-state index contributed by atoms with van der Waals surface area (Å²) in [5.41, 5.74) is 0. The number of hydrogen-bond donors (Lipinski definition) is 0. The Balaban J connectivity index is 1.41. The van der Waals surface area contributed by atoms with E-state index in [4.69, 9.17) is 4.42 Å². The summed E-state index contributed by atoms with van der Waals surface area (Å²) in [6, 6.07) is 7.40. The summed E-state index contributed by atoms with van der Waals surface area (Å²) in [7, 11) is 0. The van der Waals surface area contributed by atoms with Crippen molar-refractivity contribution in [3.63, 3.8) is 0 Å². The predicted molar refractivity (Wildman–Crippen MR) is 100 cm³/mol. The molecule has 8 nitrogen and oxygen atoms in total. The molecule has 0 atom stereocenters. The first-order valence-corrected chi connectivity index (χ1v) is 8.80. The predicted octanol–water partition coefficient (Wildman–Crippen LogP) is 1.93. The van der Waals surface area contributed by atoms with Gasteiger partial charge in [0.05, 0.1) is 6.26 Å². The second-order valence-electron chi connectivity index (χ2n) is 6.24. The molecule has 3 aromatic heterocycles. The van der Waals surface area contributed by atoms with Crippen LogP contribution in [0.15, 0.2) is 53.4 Å². The lowest BCUT2D eigenvalue weighted by Crippen LogP contribution is -2.48. The number of nitrogens with zero attached hydrogens (tertiary/aromatic N) is 6. The van der Waals surface area contributed by atoms with Gasteiger partial charge in [-0.3, -0.25) is 4.79 Å². The highest BCUT2D eigenvalue weighted by Gasteiger charge is 2.21. The van der Waals surface area contributed by atoms with E-state index < -0.39 is 0 Å². The molecular formula is C19H20N6O2. The van der Waals surface area contributed by atoms with Gasteiger partial charge in [0.2, 0.25) is 5.91 Å². The minimum absolute atomic E-state index is 0.0119. The van der Waals surface area contributed by atoms with Crippen LogP contribution in [0, 0.1) is 6.92 Å². The Morgan fingerprint density at radius 3 is 2.67 bits per heavy atom. The zero-order chi connectivity index (χ0) is 18.6. The van der Waals surface area contributed by atoms with Crippen molar-refractivity contribution in [2.45, 2.75) is 6.92 Å². The molecule has 1 fully saturated rings. The van der Waals surface area contributed by atoms with Crippen molar-refractivity contribution in [2.24, 2.45) is 0 Å². The highest BCUT2D eigenvalue weighted by molar-refractivity contribution is 5.91. The lowest BCUT2D eigenvalue weighted by atomic mass is 10.3. The van der Waals surface area contributed by atoms with Crippen molar-refractivity contribution < 1.29 is 9.21 Å². The first kappa shape index (κ1) is 17.0. The molecule has 4 heterocycles. The Labute approximate surface area is 156 Å². The standard InChI is InChI=1S/C19H20N6O2/c1-15-21-17(14-18(22-15)25-8-3-7-20-25)23-9-11-24(12-10-23)19(26)6-5-16-4-2-13-27-16/h2-8,13-14H,9-12H2,1H3/b6-5+. The van der Waals surface area contributed by atoms with E-state index in [9.17, 15) is 4.79 Å². The fourth-order valence-corrected chi connectivity index (χ4v) is 3.02. The van der Waals surface area contributed by atoms with Crippen LogP contribution in [-0.4, -0.2) is 56.7 Å². The average Bonchev–Trinajstić information content (AvgIpc) is 3.39. The van der Waals surface area contributed by atoms with Gasteiger partial charge in [0.1, 0.15) is 17.4 Å². The van der Waals surface area contributed by atoms with Crippen molar-refractivity contribution in [1.29, 1.82) is 0 Å². The van der Waals surface area contributed by atoms with E-state index in [1.165, 1.54) is 0 Å². The third-order valence-electron chi connectivity index (χ3n) is 4.40. The highest BCUT2D eigenvalue weighted by Crippen LogP contribution is 2.17. The van der Waals surface area contributed by atoms with Gasteiger partial charge < -0.3 is 14.2 Å². The molecule has 1 aliphatic heterocycles. The van der Waals surface area contributed by atoms with Crippen molar-refractivity contribution in [3.05, 3.63) is 60.6 Å². The molecule has 0 bridgehead atoms. The number of aryl methyl sites for hydroxylation is 1. The van der Waals surface area contributed by atoms with Crippen LogP contribution in [0.5, 0.6) is 0 Å². The molecule has 0 unspecified atom stereocenters. The van der Waals surface area contributed by atoms with Gasteiger partial charge >= 0.3 is 0 Å². The van der Waals surface area contributed by atoms with E-state index in [2.05, 4.69) is 20.0 Å². The van der Waals surface area contributed by atoms with Crippen LogP contribution in [0.3, 0.4) is 0 Å². The third-order valence-corrected chi connectivity index (χ3v) is 4.40. The van der Waals surface area contributed by atoms with E-state index in [-0.39, 0.29) is 5.91 Å². The molecule has 0 aromatic carbocycles. The van der Waals surface area contributed by atoms with Crippen LogP contribution in [0.2, 0.25) is 0 Å². The molecule has 1 amide bonds. The zero-order valence-electron chi connectivity index (χ0n) is 15.0. The minimum atomic E-state index is -0.0119. The van der Waals surface area contributed by atoms with Crippen LogP contribution < -0.4 is 4.90 Å². The molecular weight excluding hydrogens is 344 g/mol. The zero-order valence-corrected chi connectivity index (χ0v) is 15.0. The number of anilines is 1. The van der Waals surface area contributed by atoms with Crippen LogP contribution >= 0.6 is 0 Å². The summed E-state index contributed by atoms with van der Waals surface area (Å²) in [4.78, 5) is 25.3. The number of rotatable bonds is 4. The largest absolute Gasteiger partial charge is 0.465 e. The number of hydrogen-bond acceptors (Lipinski definition) is 6. The van der Waals surface area contributed by atoms with Crippen LogP contribution in [-0.2, 0) is 4.79 Å². The van der Waals surface area contributed by atoms with Crippen molar-refractivity contribution >= 4 is 17.8 Å². The first-order valence-electron chi connectivity index (χ1n) is 8.80. The molecule has 1 saturated heterocycles. The number of aromatic nitrogens is 4. The lowest BCUT2D eigenvalue weighted by Gasteiger charge is -2.35. The van der Waals surface area contributed by atoms with Crippen LogP contribution in [0.1, 0.15) is 11.6 Å². The van der Waals surface area contributed by atoms with Gasteiger partial charge in [-0.15, -0.1) is 0 Å². The molecule has 138 valence electrons. The van der Waals surface area contributed by atoms with Gasteiger partial charge in [-0.05, 0) is 31.2 Å². The maximum Gasteiger partial charge on any atom is 0.246 e. The van der Waals surface area contributed by atoms with Crippen molar-refractivity contribution in [2.75, 3.05) is 31.1 Å². The summed E-state index contributed by atoms with van der Waals surface area (Å²) in [5, 5.41) is 4.23. The summed E-state index contributed by atoms with van der Waals surface area (Å²) >= 11 is 0. The van der Waals surface area contributed by atoms with Crippen molar-refractivity contribution in [3.8, 4) is 5.82 Å². The lowest BCUT2D eigenvalue weighted by molar-refractivity contribution is -0.126. The summed E-state index contributed by atoms with van der Waals surface area (Å²) in [6.07, 6.45) is 8.41. The molecule has 1 aliphatic rings. The van der Waals surface area contributed by atoms with Gasteiger partial charge in [-0.2, -0.15) is 5.10 Å². The van der Waals surface area contributed by atoms with E-state index in [0.717, 1.165) is 24.7 Å². The molecule has 0 radical (unpaired) electrons. The summed E-state index contributed by atoms with van der Waals surface area (Å²) in [6.45, 7) is 4.59. The van der Waals surface area contributed by atoms with E-state index in [0.29, 0.717) is 24.7 Å². The van der Waals surface area contributed by atoms with E-state index in [1.54, 1.807) is 35.4 Å². The van der Waals surface area contributed by atoms with Crippen LogP contribution in [0.4, 0.5) is 5.82 Å². The molecule has 0 saturated carbocycles. The smallest absolute Gasteiger partial charge is 0.246 e. The van der Waals surface area contributed by atoms with Gasteiger partial charge in [0, 0.05) is 50.7 Å². The fraction of sp³-hybridized carbons (Fsp3) is 0.263. The van der Waals surface area contributed by atoms with Gasteiger partial charge in [0.15, 0.2) is 5.82 Å². The Hall–Kier alpha value is -3.42. The van der Waals surface area contributed by atoms with Crippen molar-refractivity contribution in [1.82, 2.24) is 24.6 Å². The van der Waals surface area contributed by atoms with Crippen LogP contribution in [0.25, 0.3) is 11.9 Å². The molecule has 0 aliphatic carbocycles. The van der Waals surface area contributed by atoms with E-state index >= 15 is 0 Å². The Morgan fingerprint density at radius 1 is 1.15 bits per heavy atom. The van der Waals surface area contributed by atoms with Gasteiger partial charge in [-0.1, -0.05) is 0 Å². The number of carbonyl (C=O) groups is 1. The maximum absolute atomic E-state index is 12.3. The first-order chi connectivity index (χ1) is 13.2. The number of carbonyl (C=O) groups excluding carboxylic acids is 1. The average molecular weight is 364 g/mol. The molecule has 27 heavy (non-hydrogen) atoms. The highest BCUT2D eigenvalue weighted by atomic mass is 16.3. The van der Waals surface area contributed by atoms with Gasteiger partial charge in [-0.25, -0.2) is 14.6 Å². The monoisotopic (exact) mass is 364 g/mol. The third kappa shape index (κ3) is 3.89. The quantitative estimate of drug-likeness (QED) is 0.658. The molecule has 3 aromatic rings. The molecule has 4 rings (SSSR count). The number of piperazine rings is 1. The summed E-state index contributed by atoms with van der Waals surface area (Å²) < 4.78 is 6.93. The SMILES string of the molecule is Cc1nc(N2CCN(C(=O)/C=C/c3ccco3)CC2)cc(-n2cccn2)n1. The topological polar surface area (TPSA) is 80.3 Å². The second kappa shape index (κ2) is 7.45. The number of amides is 1. The second-order valence-corrected chi connectivity index (χ2v) is 6.24. The molecule has 8 heteroatoms. The van der Waals surface area contributed by atoms with E-state index in [1.807, 2.05) is 36.2 Å². The molecule has 0 N–H and O–H groups in total. The Bertz CT molecular complexity index is 925. The normalized spacial score (nSPS) is 14.9. The Morgan fingerprint density at radius 2 is 1.96 bits per heavy atom. The minimum Gasteiger partial charge on any atom is -0.465 e.